The van der Waals surface area contributed by atoms with E-state index in [4.69, 9.17) is 4.74 Å². The molecule has 0 spiro atoms. The summed E-state index contributed by atoms with van der Waals surface area (Å²) in [6.07, 6.45) is 6.42. The number of quaternary nitrogens is 1. The van der Waals surface area contributed by atoms with Crippen molar-refractivity contribution in [2.75, 3.05) is 27.2 Å². The third kappa shape index (κ3) is 4.42. The summed E-state index contributed by atoms with van der Waals surface area (Å²) < 4.78 is 7.04. The molecule has 4 nitrogen and oxygen atoms in total. The maximum atomic E-state index is 13.3. The third-order valence-corrected chi connectivity index (χ3v) is 6.45. The first-order valence-corrected chi connectivity index (χ1v) is 9.64. The van der Waals surface area contributed by atoms with E-state index in [1.54, 1.807) is 12.1 Å². The average Bonchev–Trinajstić information content (AvgIpc) is 3.11. The van der Waals surface area contributed by atoms with E-state index in [1.165, 1.54) is 12.8 Å². The van der Waals surface area contributed by atoms with Gasteiger partial charge in [-0.25, -0.2) is 0 Å². The van der Waals surface area contributed by atoms with Gasteiger partial charge in [0, 0.05) is 12.8 Å². The zero-order valence-electron chi connectivity index (χ0n) is 16.2. The monoisotopic (exact) mass is 425 g/mol. The summed E-state index contributed by atoms with van der Waals surface area (Å²) in [4.78, 5) is 13.3. The number of phenolic OH excluding ortho intramolecular Hbond substituents is 1. The van der Waals surface area contributed by atoms with Crippen molar-refractivity contribution >= 4 is 5.97 Å². The third-order valence-electron chi connectivity index (χ3n) is 6.45. The fourth-order valence-electron chi connectivity index (χ4n) is 4.47. The molecule has 1 atom stereocenters. The zero-order valence-corrected chi connectivity index (χ0v) is 17.8. The molecular formula is C21H32BrNO3. The molecule has 1 heterocycles. The van der Waals surface area contributed by atoms with E-state index in [2.05, 4.69) is 14.1 Å². The van der Waals surface area contributed by atoms with Crippen molar-refractivity contribution in [3.05, 3.63) is 29.8 Å². The second-order valence-electron chi connectivity index (χ2n) is 8.72. The number of rotatable bonds is 4. The van der Waals surface area contributed by atoms with Crippen LogP contribution in [0.25, 0.3) is 0 Å². The van der Waals surface area contributed by atoms with Gasteiger partial charge in [-0.15, -0.1) is 0 Å². The van der Waals surface area contributed by atoms with Crippen molar-refractivity contribution in [1.82, 2.24) is 0 Å². The molecule has 1 N–H and O–H groups in total. The van der Waals surface area contributed by atoms with E-state index in [1.807, 2.05) is 19.1 Å². The molecule has 0 amide bonds. The number of halogens is 1. The molecule has 0 aromatic heterocycles. The number of nitrogens with zero attached hydrogens (tertiary/aromatic N) is 1. The van der Waals surface area contributed by atoms with Gasteiger partial charge in [-0.1, -0.05) is 25.0 Å². The second-order valence-corrected chi connectivity index (χ2v) is 8.72. The molecule has 3 rings (SSSR count). The summed E-state index contributed by atoms with van der Waals surface area (Å²) in [5, 5.41) is 9.62. The summed E-state index contributed by atoms with van der Waals surface area (Å²) in [6.45, 7) is 4.15. The first-order chi connectivity index (χ1) is 11.8. The Morgan fingerprint density at radius 2 is 1.62 bits per heavy atom. The fraction of sp³-hybridized carbons (Fsp3) is 0.667. The van der Waals surface area contributed by atoms with Gasteiger partial charge in [0.1, 0.15) is 11.9 Å². The Morgan fingerprint density at radius 1 is 1.08 bits per heavy atom. The number of carbonyl (C=O) groups excluding carboxylic acids is 1. The van der Waals surface area contributed by atoms with Crippen LogP contribution < -0.4 is 17.0 Å². The van der Waals surface area contributed by atoms with E-state index >= 15 is 0 Å². The van der Waals surface area contributed by atoms with E-state index < -0.39 is 5.41 Å². The van der Waals surface area contributed by atoms with Gasteiger partial charge >= 0.3 is 5.97 Å². The molecule has 1 aromatic rings. The van der Waals surface area contributed by atoms with Crippen molar-refractivity contribution in [3.8, 4) is 5.75 Å². The maximum absolute atomic E-state index is 13.3. The number of hydrogen-bond donors (Lipinski definition) is 1. The number of esters is 1. The van der Waals surface area contributed by atoms with Gasteiger partial charge in [0.25, 0.3) is 0 Å². The summed E-state index contributed by atoms with van der Waals surface area (Å²) in [7, 11) is 4.47. The number of likely N-dealkylation sites (tertiary alicyclic amines) is 1. The molecule has 1 aliphatic carbocycles. The van der Waals surface area contributed by atoms with Crippen LogP contribution in [0, 0.1) is 5.92 Å². The number of carbonyl (C=O) groups is 1. The highest BCUT2D eigenvalue weighted by atomic mass is 79.9. The van der Waals surface area contributed by atoms with Crippen LogP contribution in [0.3, 0.4) is 0 Å². The van der Waals surface area contributed by atoms with Crippen LogP contribution >= 0.6 is 0 Å². The quantitative estimate of drug-likeness (QED) is 0.568. The lowest BCUT2D eigenvalue weighted by Gasteiger charge is -2.39. The number of aromatic hydroxyl groups is 1. The van der Waals surface area contributed by atoms with Crippen LogP contribution in [0.2, 0.25) is 0 Å². The molecule has 26 heavy (non-hydrogen) atoms. The second kappa shape index (κ2) is 8.30. The van der Waals surface area contributed by atoms with Crippen LogP contribution in [0.1, 0.15) is 51.0 Å². The highest BCUT2D eigenvalue weighted by Crippen LogP contribution is 2.44. The molecule has 0 radical (unpaired) electrons. The minimum atomic E-state index is -0.619. The normalized spacial score (nSPS) is 23.0. The van der Waals surface area contributed by atoms with Crippen molar-refractivity contribution < 1.29 is 36.1 Å². The molecule has 1 saturated carbocycles. The molecule has 1 unspecified atom stereocenters. The Hall–Kier alpha value is -1.07. The van der Waals surface area contributed by atoms with Crippen LogP contribution in [0.5, 0.6) is 5.75 Å². The summed E-state index contributed by atoms with van der Waals surface area (Å²) >= 11 is 0. The molecule has 1 saturated heterocycles. The van der Waals surface area contributed by atoms with Crippen LogP contribution in [-0.2, 0) is 14.9 Å². The van der Waals surface area contributed by atoms with Crippen LogP contribution in [0.4, 0.5) is 0 Å². The molecular weight excluding hydrogens is 394 g/mol. The number of hydrogen-bond acceptors (Lipinski definition) is 3. The predicted molar refractivity (Wildman–Crippen MR) is 98.4 cm³/mol. The number of piperidine rings is 1. The average molecular weight is 426 g/mol. The lowest BCUT2D eigenvalue weighted by Crippen LogP contribution is -3.00. The molecule has 2 aliphatic rings. The van der Waals surface area contributed by atoms with Gasteiger partial charge in [0.2, 0.25) is 0 Å². The number of ether oxygens (including phenoxy) is 1. The lowest BCUT2D eigenvalue weighted by molar-refractivity contribution is -0.896. The topological polar surface area (TPSA) is 46.5 Å². The van der Waals surface area contributed by atoms with Crippen molar-refractivity contribution in [2.24, 2.45) is 5.92 Å². The van der Waals surface area contributed by atoms with E-state index in [0.717, 1.165) is 48.8 Å². The smallest absolute Gasteiger partial charge is 0.316 e. The Balaban J connectivity index is 0.00000243. The molecule has 146 valence electrons. The number of phenols is 1. The first kappa shape index (κ1) is 21.2. The Labute approximate surface area is 167 Å². The van der Waals surface area contributed by atoms with Gasteiger partial charge in [0.05, 0.1) is 32.6 Å². The summed E-state index contributed by atoms with van der Waals surface area (Å²) in [6, 6.07) is 7.12. The Morgan fingerprint density at radius 3 is 2.15 bits per heavy atom. The Bertz CT molecular complexity index is 600. The van der Waals surface area contributed by atoms with Crippen LogP contribution in [-0.4, -0.2) is 48.8 Å². The maximum Gasteiger partial charge on any atom is 0.316 e. The highest BCUT2D eigenvalue weighted by molar-refractivity contribution is 5.83. The largest absolute Gasteiger partial charge is 1.00 e. The van der Waals surface area contributed by atoms with Crippen LogP contribution in [0.15, 0.2) is 24.3 Å². The zero-order chi connectivity index (χ0) is 18.1. The van der Waals surface area contributed by atoms with Crippen molar-refractivity contribution in [3.63, 3.8) is 0 Å². The van der Waals surface area contributed by atoms with Gasteiger partial charge in [-0.3, -0.25) is 4.79 Å². The minimum Gasteiger partial charge on any atom is -1.00 e. The van der Waals surface area contributed by atoms with E-state index in [9.17, 15) is 9.90 Å². The van der Waals surface area contributed by atoms with E-state index in [-0.39, 0.29) is 34.8 Å². The number of benzene rings is 1. The minimum absolute atomic E-state index is 0. The molecule has 1 aliphatic heterocycles. The molecule has 0 bridgehead atoms. The molecule has 5 heteroatoms. The van der Waals surface area contributed by atoms with Gasteiger partial charge < -0.3 is 31.3 Å². The lowest BCUT2D eigenvalue weighted by atomic mass is 9.71. The Kier molecular flexibility index (Phi) is 6.78. The van der Waals surface area contributed by atoms with Crippen molar-refractivity contribution in [2.45, 2.75) is 57.0 Å². The fourth-order valence-corrected chi connectivity index (χ4v) is 4.47. The summed E-state index contributed by atoms with van der Waals surface area (Å²) in [5.74, 6) is 0.473. The predicted octanol–water partition coefficient (Wildman–Crippen LogP) is 0.626. The van der Waals surface area contributed by atoms with Gasteiger partial charge in [-0.05, 0) is 43.4 Å². The van der Waals surface area contributed by atoms with Gasteiger partial charge in [0.15, 0.2) is 0 Å². The summed E-state index contributed by atoms with van der Waals surface area (Å²) in [5.41, 5.74) is 0.348. The van der Waals surface area contributed by atoms with Crippen molar-refractivity contribution in [1.29, 1.82) is 0 Å². The van der Waals surface area contributed by atoms with Gasteiger partial charge in [-0.2, -0.15) is 0 Å². The highest BCUT2D eigenvalue weighted by Gasteiger charge is 2.46. The van der Waals surface area contributed by atoms with E-state index in [0.29, 0.717) is 5.92 Å². The standard InChI is InChI=1S/C21H31NO3.BrH/c1-21(16-6-4-5-7-16,17-8-10-18(23)11-9-17)20(24)25-19-12-14-22(2,3)15-13-19;/h8-11,16,19H,4-7,12-15H2,1-3H3;1H. The SMILES string of the molecule is CC(C(=O)OC1CC[N+](C)(C)CC1)(c1ccc(O)cc1)C1CCCC1.[Br-]. The first-order valence-electron chi connectivity index (χ1n) is 9.64. The molecule has 1 aromatic carbocycles. The molecule has 2 fully saturated rings.